The Kier molecular flexibility index (Phi) is 3.28. The van der Waals surface area contributed by atoms with E-state index >= 15 is 0 Å². The lowest BCUT2D eigenvalue weighted by Crippen LogP contribution is -2.52. The smallest absolute Gasteiger partial charge is 0.171 e. The zero-order valence-corrected chi connectivity index (χ0v) is 11.7. The average molecular weight is 318 g/mol. The first-order valence-electron chi connectivity index (χ1n) is 5.92. The van der Waals surface area contributed by atoms with E-state index < -0.39 is 0 Å². The lowest BCUT2D eigenvalue weighted by atomic mass is 9.86. The van der Waals surface area contributed by atoms with E-state index in [4.69, 9.17) is 16.3 Å². The number of hydrogen-bond donors (Lipinski definition) is 0. The van der Waals surface area contributed by atoms with E-state index in [-0.39, 0.29) is 6.10 Å². The van der Waals surface area contributed by atoms with Gasteiger partial charge < -0.3 is 4.74 Å². The van der Waals surface area contributed by atoms with Crippen molar-refractivity contribution in [2.24, 2.45) is 5.92 Å². The minimum Gasteiger partial charge on any atom is -0.486 e. The van der Waals surface area contributed by atoms with E-state index in [0.29, 0.717) is 16.8 Å². The Labute approximate surface area is 114 Å². The number of halogens is 2. The molecule has 4 rings (SSSR count). The van der Waals surface area contributed by atoms with Gasteiger partial charge in [0.1, 0.15) is 6.10 Å². The summed E-state index contributed by atoms with van der Waals surface area (Å²) < 4.78 is 6.94. The van der Waals surface area contributed by atoms with Crippen molar-refractivity contribution in [3.05, 3.63) is 21.9 Å². The fourth-order valence-corrected chi connectivity index (χ4v) is 3.15. The Bertz CT molecular complexity index is 421. The lowest BCUT2D eigenvalue weighted by Gasteiger charge is -2.44. The van der Waals surface area contributed by atoms with E-state index in [2.05, 4.69) is 25.8 Å². The normalized spacial score (nSPS) is 31.5. The molecule has 4 heterocycles. The van der Waals surface area contributed by atoms with Gasteiger partial charge in [0.25, 0.3) is 0 Å². The molecule has 1 aromatic rings. The summed E-state index contributed by atoms with van der Waals surface area (Å²) in [5.74, 6) is 1.37. The zero-order valence-electron chi connectivity index (χ0n) is 9.40. The van der Waals surface area contributed by atoms with E-state index in [1.165, 1.54) is 25.9 Å². The first-order valence-corrected chi connectivity index (χ1v) is 7.09. The quantitative estimate of drug-likeness (QED) is 0.784. The molecular weight excluding hydrogens is 304 g/mol. The van der Waals surface area contributed by atoms with Crippen LogP contribution in [0.5, 0.6) is 5.75 Å². The standard InChI is InChI=1S/C12H14BrClN2O/c13-9-5-10(12(14)15-6-9)17-11-7-16-3-1-8(11)2-4-16/h5-6,8,11H,1-4,7H2/t11-/m0/s1. The average Bonchev–Trinajstić information content (AvgIpc) is 2.35. The second-order valence-corrected chi connectivity index (χ2v) is 6.01. The Hall–Kier alpha value is -0.320. The van der Waals surface area contributed by atoms with Crippen LogP contribution in [-0.4, -0.2) is 35.6 Å². The number of nitrogens with zero attached hydrogens (tertiary/aromatic N) is 2. The number of aromatic nitrogens is 1. The molecular formula is C12H14BrClN2O. The van der Waals surface area contributed by atoms with Gasteiger partial charge in [-0.05, 0) is 53.8 Å². The van der Waals surface area contributed by atoms with Crippen molar-refractivity contribution in [3.8, 4) is 5.75 Å². The number of fused-ring (bicyclic) bond motifs is 3. The highest BCUT2D eigenvalue weighted by Gasteiger charge is 2.35. The third-order valence-electron chi connectivity index (χ3n) is 3.65. The first kappa shape index (κ1) is 11.8. The molecule has 3 aliphatic rings. The van der Waals surface area contributed by atoms with Crippen LogP contribution >= 0.6 is 27.5 Å². The van der Waals surface area contributed by atoms with Crippen molar-refractivity contribution in [3.63, 3.8) is 0 Å². The molecule has 17 heavy (non-hydrogen) atoms. The Morgan fingerprint density at radius 3 is 2.82 bits per heavy atom. The summed E-state index contributed by atoms with van der Waals surface area (Å²) in [5, 5.41) is 0.449. The molecule has 0 amide bonds. The van der Waals surface area contributed by atoms with Crippen molar-refractivity contribution in [2.45, 2.75) is 18.9 Å². The van der Waals surface area contributed by atoms with Crippen LogP contribution in [0.2, 0.25) is 5.15 Å². The summed E-state index contributed by atoms with van der Waals surface area (Å²) in [7, 11) is 0. The summed E-state index contributed by atoms with van der Waals surface area (Å²) in [5.41, 5.74) is 0. The molecule has 0 radical (unpaired) electrons. The Morgan fingerprint density at radius 2 is 2.18 bits per heavy atom. The molecule has 0 aromatic carbocycles. The maximum absolute atomic E-state index is 6.05. The molecule has 0 unspecified atom stereocenters. The monoisotopic (exact) mass is 316 g/mol. The van der Waals surface area contributed by atoms with Gasteiger partial charge in [0.05, 0.1) is 0 Å². The van der Waals surface area contributed by atoms with Gasteiger partial charge in [-0.15, -0.1) is 0 Å². The maximum atomic E-state index is 6.05. The molecule has 3 fully saturated rings. The third kappa shape index (κ3) is 2.44. The molecule has 1 atom stereocenters. The Balaban J connectivity index is 1.76. The van der Waals surface area contributed by atoms with Gasteiger partial charge in [0.15, 0.2) is 10.9 Å². The van der Waals surface area contributed by atoms with Crippen LogP contribution in [-0.2, 0) is 0 Å². The third-order valence-corrected chi connectivity index (χ3v) is 4.37. The van der Waals surface area contributed by atoms with Crippen LogP contribution < -0.4 is 4.74 Å². The number of rotatable bonds is 2. The van der Waals surface area contributed by atoms with E-state index in [1.807, 2.05) is 6.07 Å². The molecule has 3 aliphatic heterocycles. The van der Waals surface area contributed by atoms with Gasteiger partial charge in [0, 0.05) is 17.2 Å². The fraction of sp³-hybridized carbons (Fsp3) is 0.583. The van der Waals surface area contributed by atoms with E-state index in [1.54, 1.807) is 6.20 Å². The zero-order chi connectivity index (χ0) is 11.8. The first-order chi connectivity index (χ1) is 8.22. The largest absolute Gasteiger partial charge is 0.486 e. The van der Waals surface area contributed by atoms with Crippen LogP contribution in [0.25, 0.3) is 0 Å². The molecule has 3 saturated heterocycles. The van der Waals surface area contributed by atoms with E-state index in [9.17, 15) is 0 Å². The number of piperidine rings is 3. The molecule has 0 spiro atoms. The highest BCUT2D eigenvalue weighted by molar-refractivity contribution is 9.10. The van der Waals surface area contributed by atoms with Gasteiger partial charge >= 0.3 is 0 Å². The van der Waals surface area contributed by atoms with Gasteiger partial charge in [-0.3, -0.25) is 4.90 Å². The van der Waals surface area contributed by atoms with Crippen LogP contribution in [0, 0.1) is 5.92 Å². The molecule has 0 aliphatic carbocycles. The topological polar surface area (TPSA) is 25.4 Å². The second-order valence-electron chi connectivity index (χ2n) is 4.74. The van der Waals surface area contributed by atoms with Gasteiger partial charge in [-0.1, -0.05) is 11.6 Å². The lowest BCUT2D eigenvalue weighted by molar-refractivity contribution is -0.00790. The van der Waals surface area contributed by atoms with Crippen LogP contribution in [0.3, 0.4) is 0 Å². The predicted octanol–water partition coefficient (Wildman–Crippen LogP) is 2.97. The molecule has 3 nitrogen and oxygen atoms in total. The van der Waals surface area contributed by atoms with Crippen molar-refractivity contribution in [2.75, 3.05) is 19.6 Å². The molecule has 0 N–H and O–H groups in total. The summed E-state index contributed by atoms with van der Waals surface area (Å²) >= 11 is 9.44. The van der Waals surface area contributed by atoms with Crippen molar-refractivity contribution < 1.29 is 4.74 Å². The van der Waals surface area contributed by atoms with Crippen LogP contribution in [0.1, 0.15) is 12.8 Å². The van der Waals surface area contributed by atoms with Gasteiger partial charge in [0.2, 0.25) is 0 Å². The van der Waals surface area contributed by atoms with Crippen molar-refractivity contribution in [1.29, 1.82) is 0 Å². The molecule has 5 heteroatoms. The highest BCUT2D eigenvalue weighted by Crippen LogP contribution is 2.33. The van der Waals surface area contributed by atoms with Crippen molar-refractivity contribution >= 4 is 27.5 Å². The summed E-state index contributed by atoms with van der Waals surface area (Å²) in [6.45, 7) is 3.46. The molecule has 0 saturated carbocycles. The van der Waals surface area contributed by atoms with Crippen LogP contribution in [0.4, 0.5) is 0 Å². The van der Waals surface area contributed by atoms with Gasteiger partial charge in [-0.25, -0.2) is 4.98 Å². The second kappa shape index (κ2) is 4.75. The molecule has 1 aromatic heterocycles. The molecule has 92 valence electrons. The number of hydrogen-bond acceptors (Lipinski definition) is 3. The maximum Gasteiger partial charge on any atom is 0.171 e. The van der Waals surface area contributed by atoms with Crippen LogP contribution in [0.15, 0.2) is 16.7 Å². The summed E-state index contributed by atoms with van der Waals surface area (Å²) in [6, 6.07) is 1.90. The predicted molar refractivity (Wildman–Crippen MR) is 70.5 cm³/mol. The number of pyridine rings is 1. The minimum absolute atomic E-state index is 0.270. The molecule has 2 bridgehead atoms. The minimum atomic E-state index is 0.270. The Morgan fingerprint density at radius 1 is 1.41 bits per heavy atom. The number of ether oxygens (including phenoxy) is 1. The summed E-state index contributed by atoms with van der Waals surface area (Å²) in [4.78, 5) is 6.55. The van der Waals surface area contributed by atoms with E-state index in [0.717, 1.165) is 11.0 Å². The fourth-order valence-electron chi connectivity index (χ4n) is 2.69. The van der Waals surface area contributed by atoms with Gasteiger partial charge in [-0.2, -0.15) is 0 Å². The van der Waals surface area contributed by atoms with Crippen molar-refractivity contribution in [1.82, 2.24) is 9.88 Å². The highest BCUT2D eigenvalue weighted by atomic mass is 79.9. The summed E-state index contributed by atoms with van der Waals surface area (Å²) in [6.07, 6.45) is 4.44. The SMILES string of the molecule is Clc1ncc(Br)cc1O[C@H]1CN2CCC1CC2.